The van der Waals surface area contributed by atoms with Gasteiger partial charge in [-0.15, -0.1) is 0 Å². The quantitative estimate of drug-likeness (QED) is 0.723. The van der Waals surface area contributed by atoms with E-state index < -0.39 is 12.1 Å². The lowest BCUT2D eigenvalue weighted by molar-refractivity contribution is -0.188. The Labute approximate surface area is 127 Å². The molecule has 0 aromatic heterocycles. The fourth-order valence-corrected chi connectivity index (χ4v) is 3.42. The van der Waals surface area contributed by atoms with Crippen molar-refractivity contribution in [2.45, 2.75) is 76.9 Å². The molecule has 0 bridgehead atoms. The van der Waals surface area contributed by atoms with E-state index in [1.165, 1.54) is 0 Å². The zero-order valence-electron chi connectivity index (χ0n) is 13.5. The van der Waals surface area contributed by atoms with E-state index in [4.69, 9.17) is 5.73 Å². The van der Waals surface area contributed by atoms with Crippen LogP contribution in [0.1, 0.15) is 65.2 Å². The molecule has 0 atom stereocenters. The number of rotatable bonds is 8. The SMILES string of the molecule is CCCCN(CCCC)C1(CN)CCC(C(F)(F)F)CC1. The largest absolute Gasteiger partial charge is 0.391 e. The highest BCUT2D eigenvalue weighted by Crippen LogP contribution is 2.43. The van der Waals surface area contributed by atoms with Crippen LogP contribution in [0.5, 0.6) is 0 Å². The summed E-state index contributed by atoms with van der Waals surface area (Å²) in [6.45, 7) is 6.70. The number of nitrogens with two attached hydrogens (primary N) is 1. The molecule has 2 N–H and O–H groups in total. The Morgan fingerprint density at radius 3 is 1.86 bits per heavy atom. The summed E-state index contributed by atoms with van der Waals surface area (Å²) in [5.74, 6) is -1.13. The molecule has 0 radical (unpaired) electrons. The van der Waals surface area contributed by atoms with Crippen LogP contribution in [0.25, 0.3) is 0 Å². The molecule has 126 valence electrons. The summed E-state index contributed by atoms with van der Waals surface area (Å²) in [6.07, 6.45) is 1.98. The summed E-state index contributed by atoms with van der Waals surface area (Å²) in [5.41, 5.74) is 5.81. The van der Waals surface area contributed by atoms with Crippen molar-refractivity contribution >= 4 is 0 Å². The van der Waals surface area contributed by atoms with Gasteiger partial charge in [-0.25, -0.2) is 0 Å². The van der Waals surface area contributed by atoms with Crippen molar-refractivity contribution in [2.24, 2.45) is 11.7 Å². The first-order valence-electron chi connectivity index (χ1n) is 8.41. The molecule has 1 saturated carbocycles. The Morgan fingerprint density at radius 1 is 1.05 bits per heavy atom. The van der Waals surface area contributed by atoms with Crippen molar-refractivity contribution in [1.29, 1.82) is 0 Å². The van der Waals surface area contributed by atoms with Crippen LogP contribution in [0.4, 0.5) is 13.2 Å². The molecule has 0 aliphatic heterocycles. The highest BCUT2D eigenvalue weighted by atomic mass is 19.4. The lowest BCUT2D eigenvalue weighted by atomic mass is 9.75. The molecule has 0 unspecified atom stereocenters. The van der Waals surface area contributed by atoms with Gasteiger partial charge >= 0.3 is 6.18 Å². The molecule has 0 heterocycles. The Hall–Kier alpha value is -0.290. The smallest absolute Gasteiger partial charge is 0.329 e. The Morgan fingerprint density at radius 2 is 1.52 bits per heavy atom. The van der Waals surface area contributed by atoms with Crippen molar-refractivity contribution in [2.75, 3.05) is 19.6 Å². The molecule has 5 heteroatoms. The Kier molecular flexibility index (Phi) is 7.48. The zero-order valence-corrected chi connectivity index (χ0v) is 13.5. The van der Waals surface area contributed by atoms with Gasteiger partial charge in [-0.1, -0.05) is 26.7 Å². The Balaban J connectivity index is 2.72. The minimum atomic E-state index is -4.04. The normalized spacial score (nSPS) is 27.3. The third kappa shape index (κ3) is 5.13. The number of hydrogen-bond acceptors (Lipinski definition) is 2. The standard InChI is InChI=1S/C16H31F3N2/c1-3-5-11-21(12-6-4-2)15(13-20)9-7-14(8-10-15)16(17,18)19/h14H,3-13,20H2,1-2H3. The van der Waals surface area contributed by atoms with E-state index in [0.29, 0.717) is 19.4 Å². The lowest BCUT2D eigenvalue weighted by Crippen LogP contribution is -2.57. The minimum Gasteiger partial charge on any atom is -0.329 e. The number of nitrogens with zero attached hydrogens (tertiary/aromatic N) is 1. The maximum Gasteiger partial charge on any atom is 0.391 e. The second kappa shape index (κ2) is 8.37. The average Bonchev–Trinajstić information content (AvgIpc) is 2.46. The molecule has 1 aliphatic carbocycles. The monoisotopic (exact) mass is 308 g/mol. The van der Waals surface area contributed by atoms with E-state index in [1.54, 1.807) is 0 Å². The second-order valence-electron chi connectivity index (χ2n) is 6.44. The van der Waals surface area contributed by atoms with Crippen molar-refractivity contribution in [3.8, 4) is 0 Å². The average molecular weight is 308 g/mol. The maximum absolute atomic E-state index is 12.9. The number of hydrogen-bond donors (Lipinski definition) is 1. The minimum absolute atomic E-state index is 0.202. The molecular formula is C16H31F3N2. The highest BCUT2D eigenvalue weighted by molar-refractivity contribution is 4.97. The van der Waals surface area contributed by atoms with Crippen LogP contribution in [0.2, 0.25) is 0 Å². The van der Waals surface area contributed by atoms with E-state index in [2.05, 4.69) is 18.7 Å². The molecule has 21 heavy (non-hydrogen) atoms. The first kappa shape index (κ1) is 18.8. The lowest BCUT2D eigenvalue weighted by Gasteiger charge is -2.48. The van der Waals surface area contributed by atoms with Crippen LogP contribution in [0, 0.1) is 5.92 Å². The van der Waals surface area contributed by atoms with Crippen molar-refractivity contribution in [1.82, 2.24) is 4.90 Å². The molecule has 2 nitrogen and oxygen atoms in total. The van der Waals surface area contributed by atoms with Gasteiger partial charge in [0, 0.05) is 12.1 Å². The van der Waals surface area contributed by atoms with Gasteiger partial charge in [0.05, 0.1) is 5.92 Å². The van der Waals surface area contributed by atoms with E-state index >= 15 is 0 Å². The van der Waals surface area contributed by atoms with Gasteiger partial charge in [0.1, 0.15) is 0 Å². The highest BCUT2D eigenvalue weighted by Gasteiger charge is 2.47. The molecular weight excluding hydrogens is 277 g/mol. The third-order valence-corrected chi connectivity index (χ3v) is 4.99. The van der Waals surface area contributed by atoms with Crippen LogP contribution in [-0.4, -0.2) is 36.2 Å². The van der Waals surface area contributed by atoms with Gasteiger partial charge in [-0.2, -0.15) is 13.2 Å². The summed E-state index contributed by atoms with van der Waals surface area (Å²) in [6, 6.07) is 0. The van der Waals surface area contributed by atoms with Crippen LogP contribution in [-0.2, 0) is 0 Å². The Bertz CT molecular complexity index is 276. The predicted octanol–water partition coefficient (Wildman–Crippen LogP) is 4.34. The maximum atomic E-state index is 12.9. The molecule has 0 aromatic rings. The van der Waals surface area contributed by atoms with E-state index in [9.17, 15) is 13.2 Å². The topological polar surface area (TPSA) is 29.3 Å². The third-order valence-electron chi connectivity index (χ3n) is 4.99. The molecule has 0 saturated heterocycles. The molecule has 0 spiro atoms. The van der Waals surface area contributed by atoms with Crippen molar-refractivity contribution < 1.29 is 13.2 Å². The molecule has 1 fully saturated rings. The summed E-state index contributed by atoms with van der Waals surface area (Å²) in [5, 5.41) is 0. The first-order chi connectivity index (χ1) is 9.89. The summed E-state index contributed by atoms with van der Waals surface area (Å²) < 4.78 is 38.6. The first-order valence-corrected chi connectivity index (χ1v) is 8.41. The second-order valence-corrected chi connectivity index (χ2v) is 6.44. The summed E-state index contributed by atoms with van der Waals surface area (Å²) in [7, 11) is 0. The van der Waals surface area contributed by atoms with Gasteiger partial charge in [0.25, 0.3) is 0 Å². The van der Waals surface area contributed by atoms with Crippen molar-refractivity contribution in [3.05, 3.63) is 0 Å². The summed E-state index contributed by atoms with van der Waals surface area (Å²) in [4.78, 5) is 2.40. The zero-order chi connectivity index (χ0) is 15.9. The van der Waals surface area contributed by atoms with Crippen molar-refractivity contribution in [3.63, 3.8) is 0 Å². The molecule has 1 aliphatic rings. The number of halogens is 3. The fraction of sp³-hybridized carbons (Fsp3) is 1.00. The fourth-order valence-electron chi connectivity index (χ4n) is 3.42. The van der Waals surface area contributed by atoms with Crippen LogP contribution < -0.4 is 5.73 Å². The number of alkyl halides is 3. The van der Waals surface area contributed by atoms with Gasteiger partial charge in [-0.3, -0.25) is 4.90 Å². The molecule has 0 amide bonds. The molecule has 0 aromatic carbocycles. The van der Waals surface area contributed by atoms with Gasteiger partial charge in [-0.05, 0) is 51.6 Å². The van der Waals surface area contributed by atoms with Gasteiger partial charge in [0.15, 0.2) is 0 Å². The van der Waals surface area contributed by atoms with Crippen LogP contribution in [0.15, 0.2) is 0 Å². The molecule has 1 rings (SSSR count). The predicted molar refractivity (Wildman–Crippen MR) is 81.2 cm³/mol. The van der Waals surface area contributed by atoms with Crippen LogP contribution >= 0.6 is 0 Å². The van der Waals surface area contributed by atoms with E-state index in [0.717, 1.165) is 38.8 Å². The number of unbranched alkanes of at least 4 members (excludes halogenated alkanes) is 2. The van der Waals surface area contributed by atoms with E-state index in [-0.39, 0.29) is 18.4 Å². The summed E-state index contributed by atoms with van der Waals surface area (Å²) >= 11 is 0. The van der Waals surface area contributed by atoms with E-state index in [1.807, 2.05) is 0 Å². The van der Waals surface area contributed by atoms with Gasteiger partial charge in [0.2, 0.25) is 0 Å². The van der Waals surface area contributed by atoms with Crippen LogP contribution in [0.3, 0.4) is 0 Å². The van der Waals surface area contributed by atoms with Gasteiger partial charge < -0.3 is 5.73 Å².